The van der Waals surface area contributed by atoms with Gasteiger partial charge in [-0.3, -0.25) is 4.79 Å². The Balaban J connectivity index is 2.19. The number of rotatable bonds is 4. The SMILES string of the molecule is O=Cc1nnn(-c2cccc(C(=O)O)c2)c1-c1ccc(F)cc1. The lowest BCUT2D eigenvalue weighted by Gasteiger charge is -2.08. The van der Waals surface area contributed by atoms with Crippen molar-refractivity contribution >= 4 is 12.3 Å². The number of carbonyl (C=O) groups is 2. The molecule has 0 atom stereocenters. The number of carboxylic acid groups (broad SMARTS) is 1. The van der Waals surface area contributed by atoms with Gasteiger partial charge in [-0.05, 0) is 42.5 Å². The molecule has 0 bridgehead atoms. The van der Waals surface area contributed by atoms with Gasteiger partial charge in [0.2, 0.25) is 0 Å². The summed E-state index contributed by atoms with van der Waals surface area (Å²) in [5.41, 5.74) is 1.50. The highest BCUT2D eigenvalue weighted by molar-refractivity contribution is 5.88. The summed E-state index contributed by atoms with van der Waals surface area (Å²) in [6, 6.07) is 11.6. The minimum atomic E-state index is -1.08. The molecule has 0 spiro atoms. The van der Waals surface area contributed by atoms with Gasteiger partial charge in [-0.25, -0.2) is 13.9 Å². The summed E-state index contributed by atoms with van der Waals surface area (Å²) in [6.45, 7) is 0. The Hall–Kier alpha value is -3.35. The lowest BCUT2D eigenvalue weighted by Crippen LogP contribution is -2.03. The van der Waals surface area contributed by atoms with E-state index in [1.807, 2.05) is 0 Å². The Kier molecular flexibility index (Phi) is 3.68. The van der Waals surface area contributed by atoms with Crippen molar-refractivity contribution in [2.24, 2.45) is 0 Å². The number of hydrogen-bond donors (Lipinski definition) is 1. The zero-order valence-electron chi connectivity index (χ0n) is 11.7. The van der Waals surface area contributed by atoms with Crippen molar-refractivity contribution in [1.29, 1.82) is 0 Å². The standard InChI is InChI=1S/C16H10FN3O3/c17-12-6-4-10(5-7-12)15-14(9-21)18-19-20(15)13-3-1-2-11(8-13)16(22)23/h1-9H,(H,22,23). The van der Waals surface area contributed by atoms with Crippen LogP contribution in [0.5, 0.6) is 0 Å². The number of carboxylic acids is 1. The highest BCUT2D eigenvalue weighted by atomic mass is 19.1. The van der Waals surface area contributed by atoms with Gasteiger partial charge in [-0.1, -0.05) is 11.3 Å². The predicted molar refractivity (Wildman–Crippen MR) is 79.1 cm³/mol. The molecule has 2 aromatic carbocycles. The van der Waals surface area contributed by atoms with Gasteiger partial charge in [0, 0.05) is 5.56 Å². The van der Waals surface area contributed by atoms with E-state index in [0.717, 1.165) is 0 Å². The molecule has 0 aliphatic heterocycles. The predicted octanol–water partition coefficient (Wildman–Crippen LogP) is 2.58. The maximum atomic E-state index is 13.1. The minimum Gasteiger partial charge on any atom is -0.478 e. The third-order valence-corrected chi connectivity index (χ3v) is 3.26. The molecule has 0 aliphatic rings. The van der Waals surface area contributed by atoms with Crippen LogP contribution in [0.25, 0.3) is 16.9 Å². The normalized spacial score (nSPS) is 10.5. The summed E-state index contributed by atoms with van der Waals surface area (Å²) < 4.78 is 14.5. The van der Waals surface area contributed by atoms with Gasteiger partial charge in [-0.15, -0.1) is 5.10 Å². The van der Waals surface area contributed by atoms with Gasteiger partial charge in [0.25, 0.3) is 0 Å². The summed E-state index contributed by atoms with van der Waals surface area (Å²) in [5, 5.41) is 16.8. The maximum absolute atomic E-state index is 13.1. The summed E-state index contributed by atoms with van der Waals surface area (Å²) in [7, 11) is 0. The Morgan fingerprint density at radius 3 is 2.57 bits per heavy atom. The van der Waals surface area contributed by atoms with E-state index >= 15 is 0 Å². The van der Waals surface area contributed by atoms with E-state index in [9.17, 15) is 14.0 Å². The Labute approximate surface area is 129 Å². The van der Waals surface area contributed by atoms with Crippen LogP contribution in [0.2, 0.25) is 0 Å². The fourth-order valence-electron chi connectivity index (χ4n) is 2.20. The smallest absolute Gasteiger partial charge is 0.335 e. The molecular formula is C16H10FN3O3. The van der Waals surface area contributed by atoms with Crippen LogP contribution in [0.3, 0.4) is 0 Å². The van der Waals surface area contributed by atoms with Crippen LogP contribution in [0, 0.1) is 5.82 Å². The Morgan fingerprint density at radius 1 is 1.17 bits per heavy atom. The van der Waals surface area contributed by atoms with Crippen LogP contribution >= 0.6 is 0 Å². The molecule has 1 N–H and O–H groups in total. The van der Waals surface area contributed by atoms with Crippen LogP contribution in [-0.4, -0.2) is 32.4 Å². The molecule has 6 nitrogen and oxygen atoms in total. The van der Waals surface area contributed by atoms with Gasteiger partial charge >= 0.3 is 5.97 Å². The summed E-state index contributed by atoms with van der Waals surface area (Å²) in [4.78, 5) is 22.3. The summed E-state index contributed by atoms with van der Waals surface area (Å²) in [6.07, 6.45) is 0.545. The highest BCUT2D eigenvalue weighted by Gasteiger charge is 2.16. The van der Waals surface area contributed by atoms with Gasteiger partial charge in [0.15, 0.2) is 12.0 Å². The molecule has 114 valence electrons. The Bertz CT molecular complexity index is 888. The molecule has 0 saturated carbocycles. The van der Waals surface area contributed by atoms with Crippen molar-refractivity contribution in [3.63, 3.8) is 0 Å². The summed E-state index contributed by atoms with van der Waals surface area (Å²) in [5.74, 6) is -1.49. The number of nitrogens with zero attached hydrogens (tertiary/aromatic N) is 3. The highest BCUT2D eigenvalue weighted by Crippen LogP contribution is 2.25. The quantitative estimate of drug-likeness (QED) is 0.749. The molecule has 1 heterocycles. The molecule has 0 unspecified atom stereocenters. The van der Waals surface area contributed by atoms with Gasteiger partial charge in [0.05, 0.1) is 11.3 Å². The van der Waals surface area contributed by atoms with E-state index in [-0.39, 0.29) is 11.3 Å². The first-order valence-corrected chi connectivity index (χ1v) is 6.60. The molecule has 0 saturated heterocycles. The van der Waals surface area contributed by atoms with Crippen LogP contribution < -0.4 is 0 Å². The van der Waals surface area contributed by atoms with Crippen molar-refractivity contribution < 1.29 is 19.1 Å². The fourth-order valence-corrected chi connectivity index (χ4v) is 2.20. The molecule has 7 heteroatoms. The van der Waals surface area contributed by atoms with Gasteiger partial charge in [-0.2, -0.15) is 0 Å². The minimum absolute atomic E-state index is 0.0794. The van der Waals surface area contributed by atoms with E-state index in [4.69, 9.17) is 5.11 Å². The third-order valence-electron chi connectivity index (χ3n) is 3.26. The molecule has 3 rings (SSSR count). The molecular weight excluding hydrogens is 301 g/mol. The largest absolute Gasteiger partial charge is 0.478 e. The van der Waals surface area contributed by atoms with Crippen LogP contribution in [0.1, 0.15) is 20.8 Å². The topological polar surface area (TPSA) is 85.1 Å². The van der Waals surface area contributed by atoms with Crippen molar-refractivity contribution in [2.75, 3.05) is 0 Å². The number of aldehydes is 1. The molecule has 0 amide bonds. The van der Waals surface area contributed by atoms with E-state index in [2.05, 4.69) is 10.3 Å². The average Bonchev–Trinajstić information content (AvgIpc) is 2.99. The van der Waals surface area contributed by atoms with Crippen LogP contribution in [-0.2, 0) is 0 Å². The molecule has 3 aromatic rings. The number of hydrogen-bond acceptors (Lipinski definition) is 4. The van der Waals surface area contributed by atoms with Crippen molar-refractivity contribution in [3.8, 4) is 16.9 Å². The molecule has 23 heavy (non-hydrogen) atoms. The lowest BCUT2D eigenvalue weighted by molar-refractivity contribution is 0.0696. The Morgan fingerprint density at radius 2 is 1.91 bits per heavy atom. The molecule has 0 radical (unpaired) electrons. The monoisotopic (exact) mass is 311 g/mol. The van der Waals surface area contributed by atoms with Gasteiger partial charge in [0.1, 0.15) is 11.5 Å². The van der Waals surface area contributed by atoms with Crippen LogP contribution in [0.15, 0.2) is 48.5 Å². The number of benzene rings is 2. The zero-order valence-corrected chi connectivity index (χ0v) is 11.7. The number of aromatic nitrogens is 3. The van der Waals surface area contributed by atoms with Crippen molar-refractivity contribution in [3.05, 3.63) is 65.6 Å². The van der Waals surface area contributed by atoms with E-state index < -0.39 is 11.8 Å². The zero-order chi connectivity index (χ0) is 16.4. The maximum Gasteiger partial charge on any atom is 0.335 e. The summed E-state index contributed by atoms with van der Waals surface area (Å²) >= 11 is 0. The first-order valence-electron chi connectivity index (χ1n) is 6.60. The lowest BCUT2D eigenvalue weighted by atomic mass is 10.1. The van der Waals surface area contributed by atoms with E-state index in [1.165, 1.54) is 41.1 Å². The number of carbonyl (C=O) groups excluding carboxylic acids is 1. The number of aromatic carboxylic acids is 1. The fraction of sp³-hybridized carbons (Fsp3) is 0. The molecule has 0 aliphatic carbocycles. The average molecular weight is 311 g/mol. The first-order chi connectivity index (χ1) is 11.1. The molecule has 0 fully saturated rings. The second-order valence-electron chi connectivity index (χ2n) is 4.72. The third kappa shape index (κ3) is 2.71. The first kappa shape index (κ1) is 14.6. The van der Waals surface area contributed by atoms with Gasteiger partial charge < -0.3 is 5.11 Å². The van der Waals surface area contributed by atoms with Crippen molar-refractivity contribution in [2.45, 2.75) is 0 Å². The second-order valence-corrected chi connectivity index (χ2v) is 4.72. The second kappa shape index (κ2) is 5.80. The van der Waals surface area contributed by atoms with E-state index in [0.29, 0.717) is 23.2 Å². The molecule has 1 aromatic heterocycles. The van der Waals surface area contributed by atoms with Crippen molar-refractivity contribution in [1.82, 2.24) is 15.0 Å². The van der Waals surface area contributed by atoms with E-state index in [1.54, 1.807) is 12.1 Å². The van der Waals surface area contributed by atoms with Crippen LogP contribution in [0.4, 0.5) is 4.39 Å². The number of halogens is 1.